The van der Waals surface area contributed by atoms with E-state index in [1.165, 1.54) is 4.90 Å². The Balaban J connectivity index is 1.69. The van der Waals surface area contributed by atoms with Crippen molar-refractivity contribution in [3.8, 4) is 0 Å². The molecule has 2 fully saturated rings. The molecule has 6 nitrogen and oxygen atoms in total. The molecule has 6 heteroatoms. The molecule has 1 aromatic rings. The summed E-state index contributed by atoms with van der Waals surface area (Å²) in [6, 6.07) is 8.93. The average molecular weight is 332 g/mol. The summed E-state index contributed by atoms with van der Waals surface area (Å²) in [7, 11) is 0. The first-order valence-corrected chi connectivity index (χ1v) is 8.51. The van der Waals surface area contributed by atoms with E-state index in [1.807, 2.05) is 30.3 Å². The molecule has 1 heterocycles. The highest BCUT2D eigenvalue weighted by atomic mass is 16.6. The van der Waals surface area contributed by atoms with Crippen LogP contribution in [0.3, 0.4) is 0 Å². The zero-order valence-electron chi connectivity index (χ0n) is 13.9. The largest absolute Gasteiger partial charge is 0.464 e. The van der Waals surface area contributed by atoms with Gasteiger partial charge in [0.15, 0.2) is 0 Å². The zero-order valence-corrected chi connectivity index (χ0v) is 13.9. The molecule has 1 saturated heterocycles. The zero-order chi connectivity index (χ0) is 17.1. The molecule has 2 aliphatic rings. The first-order valence-electron chi connectivity index (χ1n) is 8.51. The van der Waals surface area contributed by atoms with Crippen LogP contribution in [0.5, 0.6) is 0 Å². The fourth-order valence-electron chi connectivity index (χ4n) is 3.89. The number of hydrogen-bond donors (Lipinski definition) is 1. The molecule has 0 spiro atoms. The second-order valence-electron chi connectivity index (χ2n) is 6.46. The maximum absolute atomic E-state index is 12.5. The van der Waals surface area contributed by atoms with Crippen molar-refractivity contribution in [2.24, 2.45) is 17.6 Å². The van der Waals surface area contributed by atoms with E-state index in [0.717, 1.165) is 18.4 Å². The van der Waals surface area contributed by atoms with Gasteiger partial charge in [0.25, 0.3) is 0 Å². The quantitative estimate of drug-likeness (QED) is 0.852. The highest BCUT2D eigenvalue weighted by molar-refractivity contribution is 5.82. The van der Waals surface area contributed by atoms with Gasteiger partial charge in [-0.3, -0.25) is 4.90 Å². The minimum Gasteiger partial charge on any atom is -0.464 e. The highest BCUT2D eigenvalue weighted by Crippen LogP contribution is 2.42. The van der Waals surface area contributed by atoms with Gasteiger partial charge < -0.3 is 15.2 Å². The third kappa shape index (κ3) is 3.24. The number of likely N-dealkylation sites (tertiary alicyclic amines) is 1. The maximum atomic E-state index is 12.5. The molecule has 4 atom stereocenters. The molecule has 1 aromatic carbocycles. The molecule has 1 aliphatic heterocycles. The number of carbonyl (C=O) groups is 2. The van der Waals surface area contributed by atoms with Crippen LogP contribution in [-0.2, 0) is 20.9 Å². The summed E-state index contributed by atoms with van der Waals surface area (Å²) in [5.74, 6) is -0.136. The Kier molecular flexibility index (Phi) is 5.04. The van der Waals surface area contributed by atoms with Gasteiger partial charge in [0, 0.05) is 12.6 Å². The van der Waals surface area contributed by atoms with Gasteiger partial charge >= 0.3 is 12.1 Å². The van der Waals surface area contributed by atoms with Gasteiger partial charge in [-0.25, -0.2) is 9.59 Å². The monoisotopic (exact) mass is 332 g/mol. The lowest BCUT2D eigenvalue weighted by Crippen LogP contribution is -2.44. The number of amides is 1. The van der Waals surface area contributed by atoms with Crippen LogP contribution >= 0.6 is 0 Å². The lowest BCUT2D eigenvalue weighted by atomic mass is 9.93. The van der Waals surface area contributed by atoms with Crippen LogP contribution in [-0.4, -0.2) is 42.2 Å². The minimum absolute atomic E-state index is 0.0267. The molecule has 1 aliphatic carbocycles. The Labute approximate surface area is 141 Å². The molecular formula is C18H24N2O4. The van der Waals surface area contributed by atoms with Crippen LogP contribution in [0.1, 0.15) is 25.3 Å². The van der Waals surface area contributed by atoms with E-state index in [4.69, 9.17) is 15.2 Å². The Morgan fingerprint density at radius 2 is 1.92 bits per heavy atom. The van der Waals surface area contributed by atoms with E-state index in [-0.39, 0.29) is 30.5 Å². The first kappa shape index (κ1) is 16.8. The molecule has 2 N–H and O–H groups in total. The summed E-state index contributed by atoms with van der Waals surface area (Å²) < 4.78 is 10.6. The number of nitrogens with two attached hydrogens (primary N) is 1. The third-order valence-electron chi connectivity index (χ3n) is 5.05. The van der Waals surface area contributed by atoms with E-state index in [0.29, 0.717) is 13.2 Å². The summed E-state index contributed by atoms with van der Waals surface area (Å²) in [4.78, 5) is 26.4. The molecule has 0 radical (unpaired) electrons. The third-order valence-corrected chi connectivity index (χ3v) is 5.05. The van der Waals surface area contributed by atoms with Crippen LogP contribution in [0, 0.1) is 11.8 Å². The first-order chi connectivity index (χ1) is 11.6. The standard InChI is InChI=1S/C18H24N2O4/c1-2-23-17(21)16-13-8-9-15(19)14(13)10-20(16)18(22)24-11-12-6-4-3-5-7-12/h3-7,13-16H,2,8-11,19H2,1H3/t13-,14-,15+,16-/m0/s1. The van der Waals surface area contributed by atoms with Gasteiger partial charge in [0.1, 0.15) is 12.6 Å². The molecule has 3 rings (SSSR count). The average Bonchev–Trinajstić information content (AvgIpc) is 3.14. The highest BCUT2D eigenvalue weighted by Gasteiger charge is 2.53. The molecule has 24 heavy (non-hydrogen) atoms. The van der Waals surface area contributed by atoms with Crippen molar-refractivity contribution in [1.82, 2.24) is 4.90 Å². The van der Waals surface area contributed by atoms with Gasteiger partial charge in [-0.05, 0) is 37.2 Å². The van der Waals surface area contributed by atoms with E-state index in [2.05, 4.69) is 0 Å². The van der Waals surface area contributed by atoms with Crippen LogP contribution in [0.25, 0.3) is 0 Å². The van der Waals surface area contributed by atoms with Gasteiger partial charge in [-0.2, -0.15) is 0 Å². The van der Waals surface area contributed by atoms with E-state index in [1.54, 1.807) is 6.92 Å². The number of benzene rings is 1. The number of rotatable bonds is 4. The van der Waals surface area contributed by atoms with Crippen molar-refractivity contribution >= 4 is 12.1 Å². The molecule has 130 valence electrons. The van der Waals surface area contributed by atoms with Crippen molar-refractivity contribution < 1.29 is 19.1 Å². The summed E-state index contributed by atoms with van der Waals surface area (Å²) in [5, 5.41) is 0. The Morgan fingerprint density at radius 1 is 1.17 bits per heavy atom. The van der Waals surface area contributed by atoms with Gasteiger partial charge in [0.05, 0.1) is 6.61 Å². The topological polar surface area (TPSA) is 81.9 Å². The van der Waals surface area contributed by atoms with Crippen LogP contribution in [0.15, 0.2) is 30.3 Å². The fraction of sp³-hybridized carbons (Fsp3) is 0.556. The molecule has 1 amide bonds. The van der Waals surface area contributed by atoms with Crippen molar-refractivity contribution in [3.05, 3.63) is 35.9 Å². The minimum atomic E-state index is -0.577. The fourth-order valence-corrected chi connectivity index (χ4v) is 3.89. The normalized spacial score (nSPS) is 28.5. The molecule has 0 aromatic heterocycles. The summed E-state index contributed by atoms with van der Waals surface area (Å²) in [6.45, 7) is 2.71. The second kappa shape index (κ2) is 7.21. The van der Waals surface area contributed by atoms with E-state index < -0.39 is 12.1 Å². The Morgan fingerprint density at radius 3 is 2.62 bits per heavy atom. The Bertz CT molecular complexity index is 592. The van der Waals surface area contributed by atoms with Gasteiger partial charge in [0.2, 0.25) is 0 Å². The van der Waals surface area contributed by atoms with Crippen molar-refractivity contribution in [1.29, 1.82) is 0 Å². The number of nitrogens with zero attached hydrogens (tertiary/aromatic N) is 1. The van der Waals surface area contributed by atoms with E-state index >= 15 is 0 Å². The molecule has 0 bridgehead atoms. The number of fused-ring (bicyclic) bond motifs is 1. The molecule has 0 unspecified atom stereocenters. The van der Waals surface area contributed by atoms with Crippen molar-refractivity contribution in [2.75, 3.05) is 13.2 Å². The predicted molar refractivity (Wildman–Crippen MR) is 87.9 cm³/mol. The molecule has 1 saturated carbocycles. The van der Waals surface area contributed by atoms with Gasteiger partial charge in [-0.15, -0.1) is 0 Å². The lowest BCUT2D eigenvalue weighted by molar-refractivity contribution is -0.149. The second-order valence-corrected chi connectivity index (χ2v) is 6.46. The van der Waals surface area contributed by atoms with Crippen LogP contribution in [0.4, 0.5) is 4.79 Å². The van der Waals surface area contributed by atoms with Crippen molar-refractivity contribution in [3.63, 3.8) is 0 Å². The van der Waals surface area contributed by atoms with E-state index in [9.17, 15) is 9.59 Å². The smallest absolute Gasteiger partial charge is 0.410 e. The lowest BCUT2D eigenvalue weighted by Gasteiger charge is -2.25. The summed E-state index contributed by atoms with van der Waals surface area (Å²) >= 11 is 0. The number of carbonyl (C=O) groups excluding carboxylic acids is 2. The predicted octanol–water partition coefficient (Wildman–Crippen LogP) is 1.92. The van der Waals surface area contributed by atoms with Crippen molar-refractivity contribution in [2.45, 2.75) is 38.5 Å². The number of ether oxygens (including phenoxy) is 2. The SMILES string of the molecule is CCOC(=O)[C@@H]1[C@H]2CC[C@@H](N)[C@H]2CN1C(=O)OCc1ccccc1. The van der Waals surface area contributed by atoms with Crippen LogP contribution < -0.4 is 5.73 Å². The Hall–Kier alpha value is -2.08. The van der Waals surface area contributed by atoms with Gasteiger partial charge in [-0.1, -0.05) is 30.3 Å². The molecular weight excluding hydrogens is 308 g/mol. The van der Waals surface area contributed by atoms with Crippen LogP contribution in [0.2, 0.25) is 0 Å². The number of esters is 1. The summed E-state index contributed by atoms with van der Waals surface area (Å²) in [6.07, 6.45) is 1.26. The maximum Gasteiger partial charge on any atom is 0.410 e. The number of hydrogen-bond acceptors (Lipinski definition) is 5. The summed E-state index contributed by atoms with van der Waals surface area (Å²) in [5.41, 5.74) is 7.06.